The van der Waals surface area contributed by atoms with Crippen LogP contribution in [0.5, 0.6) is 11.5 Å². The van der Waals surface area contributed by atoms with Gasteiger partial charge in [0.25, 0.3) is 5.56 Å². The first-order chi connectivity index (χ1) is 18.1. The van der Waals surface area contributed by atoms with E-state index in [-0.39, 0.29) is 22.8 Å². The number of methoxy groups -OCH3 is 1. The fourth-order valence-electron chi connectivity index (χ4n) is 4.72. The predicted molar refractivity (Wildman–Crippen MR) is 154 cm³/mol. The number of rotatable bonds is 8. The SMILES string of the molecule is COc1cccc(OS(=O)(=O)CCSc2nc3sc4c(c3c(=O)n2-c2cc(C)ccc2C)CCC(C)C4)c1. The van der Waals surface area contributed by atoms with Gasteiger partial charge in [-0.2, -0.15) is 8.42 Å². The Morgan fingerprint density at radius 1 is 1.16 bits per heavy atom. The molecule has 0 fully saturated rings. The van der Waals surface area contributed by atoms with Crippen molar-refractivity contribution in [3.63, 3.8) is 0 Å². The third-order valence-corrected chi connectivity index (χ3v) is 10.2. The van der Waals surface area contributed by atoms with Crippen LogP contribution in [0, 0.1) is 19.8 Å². The van der Waals surface area contributed by atoms with Crippen molar-refractivity contribution in [2.24, 2.45) is 5.92 Å². The number of thioether (sulfide) groups is 1. The number of aromatic nitrogens is 2. The summed E-state index contributed by atoms with van der Waals surface area (Å²) in [4.78, 5) is 21.0. The number of hydrogen-bond acceptors (Lipinski definition) is 8. The van der Waals surface area contributed by atoms with Crippen LogP contribution in [0.2, 0.25) is 0 Å². The highest BCUT2D eigenvalue weighted by Crippen LogP contribution is 2.37. The van der Waals surface area contributed by atoms with Crippen LogP contribution < -0.4 is 14.5 Å². The summed E-state index contributed by atoms with van der Waals surface area (Å²) in [6.07, 6.45) is 2.90. The van der Waals surface area contributed by atoms with Gasteiger partial charge in [-0.25, -0.2) is 4.98 Å². The molecule has 0 amide bonds. The third kappa shape index (κ3) is 5.48. The molecule has 2 aromatic heterocycles. The van der Waals surface area contributed by atoms with Gasteiger partial charge in [0, 0.05) is 16.7 Å². The third-order valence-electron chi connectivity index (χ3n) is 6.73. The highest BCUT2D eigenvalue weighted by atomic mass is 32.2. The van der Waals surface area contributed by atoms with E-state index in [1.54, 1.807) is 34.1 Å². The Bertz CT molecular complexity index is 1670. The zero-order valence-corrected chi connectivity index (χ0v) is 24.3. The van der Waals surface area contributed by atoms with E-state index in [1.807, 2.05) is 32.0 Å². The van der Waals surface area contributed by atoms with Crippen molar-refractivity contribution < 1.29 is 17.3 Å². The Balaban J connectivity index is 1.49. The minimum atomic E-state index is -3.87. The summed E-state index contributed by atoms with van der Waals surface area (Å²) < 4.78 is 37.5. The highest BCUT2D eigenvalue weighted by Gasteiger charge is 2.26. The summed E-state index contributed by atoms with van der Waals surface area (Å²) >= 11 is 2.85. The van der Waals surface area contributed by atoms with Gasteiger partial charge in [0.05, 0.1) is 23.9 Å². The van der Waals surface area contributed by atoms with Crippen LogP contribution >= 0.6 is 23.1 Å². The second-order valence-electron chi connectivity index (χ2n) is 9.73. The van der Waals surface area contributed by atoms with Gasteiger partial charge in [0.2, 0.25) is 0 Å². The number of nitrogens with zero attached hydrogens (tertiary/aromatic N) is 2. The maximum Gasteiger partial charge on any atom is 0.310 e. The lowest BCUT2D eigenvalue weighted by Gasteiger charge is -2.18. The van der Waals surface area contributed by atoms with Gasteiger partial charge >= 0.3 is 10.1 Å². The van der Waals surface area contributed by atoms with E-state index in [4.69, 9.17) is 13.9 Å². The van der Waals surface area contributed by atoms with Crippen LogP contribution in [0.4, 0.5) is 0 Å². The van der Waals surface area contributed by atoms with Gasteiger partial charge in [0.15, 0.2) is 5.16 Å². The van der Waals surface area contributed by atoms with E-state index < -0.39 is 10.1 Å². The largest absolute Gasteiger partial charge is 0.497 e. The Labute approximate surface area is 231 Å². The number of hydrogen-bond donors (Lipinski definition) is 0. The first-order valence-electron chi connectivity index (χ1n) is 12.5. The lowest BCUT2D eigenvalue weighted by molar-refractivity contribution is 0.411. The predicted octanol–water partition coefficient (Wildman–Crippen LogP) is 5.70. The van der Waals surface area contributed by atoms with Gasteiger partial charge in [0.1, 0.15) is 16.3 Å². The molecule has 0 saturated carbocycles. The van der Waals surface area contributed by atoms with Crippen LogP contribution in [-0.2, 0) is 23.0 Å². The molecule has 38 heavy (non-hydrogen) atoms. The minimum Gasteiger partial charge on any atom is -0.497 e. The molecule has 0 bridgehead atoms. The van der Waals surface area contributed by atoms with E-state index in [2.05, 4.69) is 6.92 Å². The van der Waals surface area contributed by atoms with Crippen LogP contribution in [0.25, 0.3) is 15.9 Å². The Kier molecular flexibility index (Phi) is 7.57. The van der Waals surface area contributed by atoms with Crippen molar-refractivity contribution in [3.8, 4) is 17.2 Å². The molecule has 4 aromatic rings. The molecule has 1 atom stereocenters. The van der Waals surface area contributed by atoms with Gasteiger partial charge in [-0.1, -0.05) is 36.9 Å². The summed E-state index contributed by atoms with van der Waals surface area (Å²) in [6.45, 7) is 6.20. The molecule has 0 radical (unpaired) electrons. The number of thiophene rings is 1. The molecule has 0 saturated heterocycles. The van der Waals surface area contributed by atoms with Gasteiger partial charge in [-0.3, -0.25) is 9.36 Å². The second-order valence-corrected chi connectivity index (χ2v) is 13.6. The van der Waals surface area contributed by atoms with Crippen LogP contribution in [0.3, 0.4) is 0 Å². The number of aryl methyl sites for hydroxylation is 3. The van der Waals surface area contributed by atoms with Crippen LogP contribution in [0.1, 0.15) is 34.9 Å². The Morgan fingerprint density at radius 2 is 1.95 bits per heavy atom. The highest BCUT2D eigenvalue weighted by molar-refractivity contribution is 8.00. The maximum absolute atomic E-state index is 14.1. The van der Waals surface area contributed by atoms with Gasteiger partial charge in [-0.15, -0.1) is 11.3 Å². The van der Waals surface area contributed by atoms with Gasteiger partial charge in [-0.05, 0) is 73.9 Å². The zero-order chi connectivity index (χ0) is 27.0. The van der Waals surface area contributed by atoms with Crippen molar-refractivity contribution in [2.75, 3.05) is 18.6 Å². The van der Waals surface area contributed by atoms with Crippen molar-refractivity contribution >= 4 is 43.4 Å². The molecule has 1 aliphatic rings. The molecule has 5 rings (SSSR count). The van der Waals surface area contributed by atoms with E-state index in [0.29, 0.717) is 22.2 Å². The molecule has 0 spiro atoms. The molecule has 0 aliphatic heterocycles. The Morgan fingerprint density at radius 3 is 2.74 bits per heavy atom. The van der Waals surface area contributed by atoms with Gasteiger partial charge < -0.3 is 8.92 Å². The topological polar surface area (TPSA) is 87.5 Å². The fraction of sp³-hybridized carbons (Fsp3) is 0.357. The molecule has 7 nitrogen and oxygen atoms in total. The lowest BCUT2D eigenvalue weighted by atomic mass is 9.89. The lowest BCUT2D eigenvalue weighted by Crippen LogP contribution is -2.24. The molecule has 2 heterocycles. The average Bonchev–Trinajstić information content (AvgIpc) is 3.23. The molecule has 0 N–H and O–H groups in total. The smallest absolute Gasteiger partial charge is 0.310 e. The fourth-order valence-corrected chi connectivity index (χ4v) is 8.43. The van der Waals surface area contributed by atoms with E-state index in [1.165, 1.54) is 29.8 Å². The van der Waals surface area contributed by atoms with E-state index in [9.17, 15) is 13.2 Å². The van der Waals surface area contributed by atoms with Crippen molar-refractivity contribution in [3.05, 3.63) is 74.4 Å². The van der Waals surface area contributed by atoms with Crippen molar-refractivity contribution in [1.82, 2.24) is 9.55 Å². The summed E-state index contributed by atoms with van der Waals surface area (Å²) in [5.41, 5.74) is 3.79. The molecular weight excluding hydrogens is 541 g/mol. The number of benzene rings is 2. The summed E-state index contributed by atoms with van der Waals surface area (Å²) in [5, 5.41) is 1.19. The summed E-state index contributed by atoms with van der Waals surface area (Å²) in [6, 6.07) is 12.5. The number of fused-ring (bicyclic) bond motifs is 3. The van der Waals surface area contributed by atoms with Crippen molar-refractivity contribution in [1.29, 1.82) is 0 Å². The molecule has 1 unspecified atom stereocenters. The maximum atomic E-state index is 14.1. The second kappa shape index (κ2) is 10.7. The average molecular weight is 571 g/mol. The first-order valence-corrected chi connectivity index (χ1v) is 15.9. The molecule has 10 heteroatoms. The zero-order valence-electron chi connectivity index (χ0n) is 21.8. The monoisotopic (exact) mass is 570 g/mol. The summed E-state index contributed by atoms with van der Waals surface area (Å²) in [7, 11) is -2.36. The molecule has 2 aromatic carbocycles. The molecular formula is C28H30N2O5S3. The van der Waals surface area contributed by atoms with Crippen LogP contribution in [-0.4, -0.2) is 36.6 Å². The molecule has 1 aliphatic carbocycles. The quantitative estimate of drug-likeness (QED) is 0.153. The molecule has 200 valence electrons. The first kappa shape index (κ1) is 26.8. The van der Waals surface area contributed by atoms with Crippen LogP contribution in [0.15, 0.2) is 52.4 Å². The Hall–Kier alpha value is -2.82. The number of ether oxygens (including phenoxy) is 1. The van der Waals surface area contributed by atoms with Crippen molar-refractivity contribution in [2.45, 2.75) is 45.2 Å². The van der Waals surface area contributed by atoms with E-state index >= 15 is 0 Å². The standard InChI is InChI=1S/C28H30N2O5S3/c1-17-8-10-19(3)23(14-17)30-27(31)25-22-11-9-18(2)15-24(22)37-26(25)29-28(30)36-12-13-38(32,33)35-21-7-5-6-20(16-21)34-4/h5-8,10,14,16,18H,9,11-13,15H2,1-4H3. The summed E-state index contributed by atoms with van der Waals surface area (Å²) in [5.74, 6) is 1.22. The normalized spacial score (nSPS) is 15.4. The minimum absolute atomic E-state index is 0.0891. The van der Waals surface area contributed by atoms with E-state index in [0.717, 1.165) is 46.5 Å².